The van der Waals surface area contributed by atoms with E-state index in [9.17, 15) is 9.59 Å². The third kappa shape index (κ3) is 4.67. The van der Waals surface area contributed by atoms with E-state index in [1.165, 1.54) is 22.2 Å². The number of thioether (sulfide) groups is 1. The molecule has 3 aromatic heterocycles. The molecule has 3 heterocycles. The molecule has 4 rings (SSSR count). The van der Waals surface area contributed by atoms with Gasteiger partial charge in [0.2, 0.25) is 11.9 Å². The molecule has 2 unspecified atom stereocenters. The van der Waals surface area contributed by atoms with Crippen LogP contribution in [0.25, 0.3) is 10.2 Å². The Hall–Kier alpha value is -2.26. The van der Waals surface area contributed by atoms with Crippen LogP contribution in [0.1, 0.15) is 44.6 Å². The zero-order chi connectivity index (χ0) is 22.1. The highest BCUT2D eigenvalue weighted by molar-refractivity contribution is 8.00. The van der Waals surface area contributed by atoms with Crippen LogP contribution in [-0.2, 0) is 24.2 Å². The molecule has 7 nitrogen and oxygen atoms in total. The molecule has 31 heavy (non-hydrogen) atoms. The van der Waals surface area contributed by atoms with E-state index in [0.29, 0.717) is 17.6 Å². The number of aromatic nitrogens is 4. The summed E-state index contributed by atoms with van der Waals surface area (Å²) in [6, 6.07) is 1.69. The summed E-state index contributed by atoms with van der Waals surface area (Å²) in [5.74, 6) is 0.966. The Morgan fingerprint density at radius 3 is 2.77 bits per heavy atom. The smallest absolute Gasteiger partial charge is 0.263 e. The average molecular weight is 458 g/mol. The molecule has 1 aliphatic rings. The summed E-state index contributed by atoms with van der Waals surface area (Å²) in [4.78, 5) is 41.3. The maximum Gasteiger partial charge on any atom is 0.263 e. The number of nitrogens with zero attached hydrogens (tertiary/aromatic N) is 4. The predicted molar refractivity (Wildman–Crippen MR) is 126 cm³/mol. The topological polar surface area (TPSA) is 89.8 Å². The maximum atomic E-state index is 13.5. The molecule has 2 atom stereocenters. The molecular formula is C22H27N5O2S2. The summed E-state index contributed by atoms with van der Waals surface area (Å²) in [6.07, 6.45) is 6.22. The minimum atomic E-state index is -0.457. The van der Waals surface area contributed by atoms with Gasteiger partial charge in [-0.15, -0.1) is 11.3 Å². The largest absolute Gasteiger partial charge is 0.294 e. The van der Waals surface area contributed by atoms with Crippen LogP contribution in [0.3, 0.4) is 0 Å². The molecule has 0 spiro atoms. The lowest BCUT2D eigenvalue weighted by Crippen LogP contribution is -2.28. The molecule has 3 aromatic rings. The van der Waals surface area contributed by atoms with Crippen LogP contribution in [0.2, 0.25) is 0 Å². The highest BCUT2D eigenvalue weighted by Gasteiger charge is 2.26. The Kier molecular flexibility index (Phi) is 6.43. The minimum Gasteiger partial charge on any atom is -0.294 e. The molecule has 1 aliphatic carbocycles. The van der Waals surface area contributed by atoms with Gasteiger partial charge in [-0.05, 0) is 49.7 Å². The third-order valence-corrected chi connectivity index (χ3v) is 7.62. The second kappa shape index (κ2) is 9.08. The quantitative estimate of drug-likeness (QED) is 0.442. The molecule has 1 amide bonds. The molecule has 0 aliphatic heterocycles. The number of hydrogen-bond acceptors (Lipinski definition) is 7. The van der Waals surface area contributed by atoms with Crippen molar-refractivity contribution in [1.82, 2.24) is 19.5 Å². The van der Waals surface area contributed by atoms with E-state index in [1.807, 2.05) is 0 Å². The fraction of sp³-hybridized carbons (Fsp3) is 0.500. The van der Waals surface area contributed by atoms with E-state index in [1.54, 1.807) is 41.3 Å². The average Bonchev–Trinajstić information content (AvgIpc) is 3.08. The van der Waals surface area contributed by atoms with Gasteiger partial charge < -0.3 is 0 Å². The minimum absolute atomic E-state index is 0.0206. The number of aryl methyl sites for hydroxylation is 1. The fourth-order valence-electron chi connectivity index (χ4n) is 3.81. The Balaban J connectivity index is 1.69. The summed E-state index contributed by atoms with van der Waals surface area (Å²) in [5, 5.41) is 3.64. The van der Waals surface area contributed by atoms with E-state index < -0.39 is 5.25 Å². The number of carbonyl (C=O) groups is 1. The lowest BCUT2D eigenvalue weighted by Gasteiger charge is -2.18. The molecule has 1 N–H and O–H groups in total. The van der Waals surface area contributed by atoms with Crippen LogP contribution >= 0.6 is 23.1 Å². The van der Waals surface area contributed by atoms with Crippen molar-refractivity contribution in [3.8, 4) is 0 Å². The molecule has 9 heteroatoms. The number of hydrogen-bond donors (Lipinski definition) is 1. The van der Waals surface area contributed by atoms with Crippen molar-refractivity contribution in [2.45, 2.75) is 63.9 Å². The van der Waals surface area contributed by atoms with Gasteiger partial charge in [-0.25, -0.2) is 15.0 Å². The molecule has 0 radical (unpaired) electrons. The number of amides is 1. The number of fused-ring (bicyclic) bond motifs is 3. The molecular weight excluding hydrogens is 430 g/mol. The lowest BCUT2D eigenvalue weighted by atomic mass is 9.89. The van der Waals surface area contributed by atoms with Gasteiger partial charge in [0, 0.05) is 23.8 Å². The fourth-order valence-corrected chi connectivity index (χ4v) is 6.15. The van der Waals surface area contributed by atoms with Gasteiger partial charge in [0.25, 0.3) is 5.56 Å². The van der Waals surface area contributed by atoms with Gasteiger partial charge in [-0.1, -0.05) is 32.5 Å². The van der Waals surface area contributed by atoms with Crippen molar-refractivity contribution < 1.29 is 4.79 Å². The number of rotatable bonds is 6. The second-order valence-electron chi connectivity index (χ2n) is 8.56. The van der Waals surface area contributed by atoms with Gasteiger partial charge in [0.15, 0.2) is 5.16 Å². The van der Waals surface area contributed by atoms with Crippen LogP contribution < -0.4 is 10.9 Å². The Morgan fingerprint density at radius 2 is 2.06 bits per heavy atom. The first-order chi connectivity index (χ1) is 14.8. The molecule has 0 saturated carbocycles. The van der Waals surface area contributed by atoms with Crippen LogP contribution in [0, 0.1) is 11.8 Å². The summed E-state index contributed by atoms with van der Waals surface area (Å²) < 4.78 is 1.76. The first-order valence-corrected chi connectivity index (χ1v) is 12.3. The number of carbonyl (C=O) groups excluding carboxylic acids is 1. The van der Waals surface area contributed by atoms with Gasteiger partial charge >= 0.3 is 0 Å². The molecule has 0 fully saturated rings. The van der Waals surface area contributed by atoms with Crippen LogP contribution in [0.15, 0.2) is 28.4 Å². The van der Waals surface area contributed by atoms with Gasteiger partial charge in [0.1, 0.15) is 4.83 Å². The Morgan fingerprint density at radius 1 is 1.32 bits per heavy atom. The predicted octanol–water partition coefficient (Wildman–Crippen LogP) is 4.15. The van der Waals surface area contributed by atoms with E-state index >= 15 is 0 Å². The number of nitrogens with one attached hydrogen (secondary N) is 1. The first-order valence-electron chi connectivity index (χ1n) is 10.6. The zero-order valence-corrected chi connectivity index (χ0v) is 19.8. The zero-order valence-electron chi connectivity index (χ0n) is 18.2. The van der Waals surface area contributed by atoms with E-state index in [2.05, 4.69) is 36.1 Å². The van der Waals surface area contributed by atoms with Gasteiger partial charge in [-0.2, -0.15) is 0 Å². The first kappa shape index (κ1) is 22.0. The lowest BCUT2D eigenvalue weighted by molar-refractivity contribution is -0.115. The summed E-state index contributed by atoms with van der Waals surface area (Å²) in [5.41, 5.74) is 1.21. The standard InChI is InChI=1S/C22H27N5O2S2/c1-12(2)11-27-20(29)17-15-7-6-13(3)10-16(15)31-19(17)26-22(27)30-14(4)18(28)25-21-23-8-5-9-24-21/h5,8-9,12-14H,6-7,10-11H2,1-4H3,(H,23,24,25,28). The van der Waals surface area contributed by atoms with Gasteiger partial charge in [-0.3, -0.25) is 19.5 Å². The van der Waals surface area contributed by atoms with Crippen molar-refractivity contribution in [2.24, 2.45) is 11.8 Å². The highest BCUT2D eigenvalue weighted by Crippen LogP contribution is 2.37. The Bertz CT molecular complexity index is 1160. The molecule has 0 bridgehead atoms. The maximum absolute atomic E-state index is 13.5. The summed E-state index contributed by atoms with van der Waals surface area (Å²) in [7, 11) is 0. The van der Waals surface area contributed by atoms with Crippen molar-refractivity contribution in [2.75, 3.05) is 5.32 Å². The van der Waals surface area contributed by atoms with Gasteiger partial charge in [0.05, 0.1) is 10.6 Å². The monoisotopic (exact) mass is 457 g/mol. The third-order valence-electron chi connectivity index (χ3n) is 5.38. The Labute approximate surface area is 189 Å². The van der Waals surface area contributed by atoms with Crippen LogP contribution in [0.4, 0.5) is 5.95 Å². The molecule has 164 valence electrons. The SMILES string of the molecule is CC(C)Cn1c(SC(C)C(=O)Nc2ncccn2)nc2sc3c(c2c1=O)CCC(C)C3. The number of anilines is 1. The number of thiophene rings is 1. The summed E-state index contributed by atoms with van der Waals surface area (Å²) >= 11 is 2.95. The summed E-state index contributed by atoms with van der Waals surface area (Å²) in [6.45, 7) is 8.80. The normalized spacial score (nSPS) is 17.0. The van der Waals surface area contributed by atoms with Crippen LogP contribution in [-0.4, -0.2) is 30.7 Å². The van der Waals surface area contributed by atoms with E-state index in [-0.39, 0.29) is 23.3 Å². The van der Waals surface area contributed by atoms with Crippen molar-refractivity contribution in [1.29, 1.82) is 0 Å². The van der Waals surface area contributed by atoms with E-state index in [4.69, 9.17) is 4.98 Å². The van der Waals surface area contributed by atoms with E-state index in [0.717, 1.165) is 29.5 Å². The highest BCUT2D eigenvalue weighted by atomic mass is 32.2. The van der Waals surface area contributed by atoms with Crippen LogP contribution in [0.5, 0.6) is 0 Å². The van der Waals surface area contributed by atoms with Crippen molar-refractivity contribution >= 4 is 45.2 Å². The van der Waals surface area contributed by atoms with Crippen molar-refractivity contribution in [3.63, 3.8) is 0 Å². The molecule has 0 aromatic carbocycles. The molecule has 0 saturated heterocycles. The second-order valence-corrected chi connectivity index (χ2v) is 10.9. The van der Waals surface area contributed by atoms with Crippen molar-refractivity contribution in [3.05, 3.63) is 39.3 Å².